The number of carbonyl (C=O) groups excluding carboxylic acids is 2. The zero-order chi connectivity index (χ0) is 25.8. The van der Waals surface area contributed by atoms with Crippen molar-refractivity contribution in [3.05, 3.63) is 119 Å². The fourth-order valence-corrected chi connectivity index (χ4v) is 4.91. The van der Waals surface area contributed by atoms with Crippen molar-refractivity contribution in [1.29, 1.82) is 0 Å². The first-order chi connectivity index (χ1) is 18.1. The van der Waals surface area contributed by atoms with E-state index in [9.17, 15) is 9.59 Å². The van der Waals surface area contributed by atoms with E-state index in [4.69, 9.17) is 4.74 Å². The van der Waals surface area contributed by atoms with Gasteiger partial charge in [-0.2, -0.15) is 0 Å². The Labute approximate surface area is 217 Å². The molecular weight excluding hydrogens is 462 g/mol. The van der Waals surface area contributed by atoms with Gasteiger partial charge < -0.3 is 19.5 Å². The van der Waals surface area contributed by atoms with Crippen molar-refractivity contribution < 1.29 is 14.3 Å². The highest BCUT2D eigenvalue weighted by atomic mass is 16.5. The molecule has 1 aliphatic rings. The summed E-state index contributed by atoms with van der Waals surface area (Å²) in [7, 11) is 0. The lowest BCUT2D eigenvalue weighted by Crippen LogP contribution is -2.37. The molecule has 6 heteroatoms. The zero-order valence-corrected chi connectivity index (χ0v) is 21.2. The van der Waals surface area contributed by atoms with Gasteiger partial charge in [0.05, 0.1) is 31.3 Å². The van der Waals surface area contributed by atoms with Crippen LogP contribution >= 0.6 is 0 Å². The van der Waals surface area contributed by atoms with Crippen molar-refractivity contribution >= 4 is 17.7 Å². The van der Waals surface area contributed by atoms with Crippen LogP contribution in [0.5, 0.6) is 0 Å². The van der Waals surface area contributed by atoms with Crippen molar-refractivity contribution in [1.82, 2.24) is 9.47 Å². The molecule has 3 aromatic carbocycles. The number of hydrogen-bond donors (Lipinski definition) is 1. The molecule has 2 heterocycles. The van der Waals surface area contributed by atoms with Gasteiger partial charge in [-0.25, -0.2) is 4.79 Å². The number of urea groups is 1. The summed E-state index contributed by atoms with van der Waals surface area (Å²) in [5, 5.41) is 3.08. The van der Waals surface area contributed by atoms with Crippen molar-refractivity contribution in [3.8, 4) is 5.69 Å². The van der Waals surface area contributed by atoms with E-state index >= 15 is 0 Å². The molecule has 1 aliphatic heterocycles. The zero-order valence-electron chi connectivity index (χ0n) is 21.2. The summed E-state index contributed by atoms with van der Waals surface area (Å²) in [6, 6.07) is 27.7. The summed E-state index contributed by atoms with van der Waals surface area (Å²) < 4.78 is 7.22. The Morgan fingerprint density at radius 1 is 0.892 bits per heavy atom. The minimum atomic E-state index is -0.267. The summed E-state index contributed by atoms with van der Waals surface area (Å²) in [4.78, 5) is 27.5. The van der Waals surface area contributed by atoms with Crippen LogP contribution in [0.25, 0.3) is 5.69 Å². The average Bonchev–Trinajstić information content (AvgIpc) is 3.34. The molecule has 188 valence electrons. The van der Waals surface area contributed by atoms with Gasteiger partial charge in [0.2, 0.25) is 0 Å². The number of hydrogen-bond acceptors (Lipinski definition) is 3. The van der Waals surface area contributed by atoms with Crippen LogP contribution in [0.15, 0.2) is 91.1 Å². The van der Waals surface area contributed by atoms with E-state index in [1.807, 2.05) is 47.4 Å². The summed E-state index contributed by atoms with van der Waals surface area (Å²) in [5.74, 6) is -0.262. The molecule has 0 saturated heterocycles. The molecule has 0 unspecified atom stereocenters. The van der Waals surface area contributed by atoms with E-state index in [0.29, 0.717) is 18.8 Å². The molecule has 0 bridgehead atoms. The number of nitrogens with one attached hydrogen (secondary N) is 1. The molecule has 0 spiro atoms. The number of fused-ring (bicyclic) bond motifs is 3. The van der Waals surface area contributed by atoms with Crippen LogP contribution in [0.3, 0.4) is 0 Å². The highest BCUT2D eigenvalue weighted by Gasteiger charge is 2.33. The van der Waals surface area contributed by atoms with E-state index in [-0.39, 0.29) is 24.5 Å². The molecule has 1 aromatic heterocycles. The Hall–Kier alpha value is -4.32. The first kappa shape index (κ1) is 24.4. The third kappa shape index (κ3) is 5.14. The average molecular weight is 494 g/mol. The Kier molecular flexibility index (Phi) is 7.08. The molecule has 37 heavy (non-hydrogen) atoms. The van der Waals surface area contributed by atoms with Crippen LogP contribution in [-0.2, 0) is 28.9 Å². The molecule has 4 aromatic rings. The fraction of sp³-hybridized carbons (Fsp3) is 0.226. The fourth-order valence-electron chi connectivity index (χ4n) is 4.91. The number of carbonyl (C=O) groups is 2. The number of ether oxygens (including phenoxy) is 1. The van der Waals surface area contributed by atoms with Crippen molar-refractivity contribution in [2.24, 2.45) is 0 Å². The van der Waals surface area contributed by atoms with Crippen molar-refractivity contribution in [3.63, 3.8) is 0 Å². The Balaban J connectivity index is 1.48. The van der Waals surface area contributed by atoms with Crippen LogP contribution in [0.2, 0.25) is 0 Å². The molecule has 0 aliphatic carbocycles. The van der Waals surface area contributed by atoms with Gasteiger partial charge >= 0.3 is 12.0 Å². The summed E-state index contributed by atoms with van der Waals surface area (Å²) in [5.41, 5.74) is 7.02. The normalized spacial score (nSPS) is 14.3. The number of nitrogens with zero attached hydrogens (tertiary/aromatic N) is 2. The second-order valence-electron chi connectivity index (χ2n) is 9.17. The maximum Gasteiger partial charge on any atom is 0.322 e. The van der Waals surface area contributed by atoms with Crippen LogP contribution in [0.1, 0.15) is 47.8 Å². The highest BCUT2D eigenvalue weighted by Crippen LogP contribution is 2.37. The number of aryl methyl sites for hydroxylation is 1. The lowest BCUT2D eigenvalue weighted by atomic mass is 10.00. The second-order valence-corrected chi connectivity index (χ2v) is 9.17. The summed E-state index contributed by atoms with van der Waals surface area (Å²) in [6.07, 6.45) is 3.23. The lowest BCUT2D eigenvalue weighted by Gasteiger charge is -2.31. The van der Waals surface area contributed by atoms with Gasteiger partial charge in [-0.1, -0.05) is 61.5 Å². The van der Waals surface area contributed by atoms with E-state index in [0.717, 1.165) is 34.5 Å². The third-order valence-electron chi connectivity index (χ3n) is 6.79. The maximum absolute atomic E-state index is 13.8. The minimum absolute atomic E-state index is 0.188. The van der Waals surface area contributed by atoms with Gasteiger partial charge in [-0.05, 0) is 65.9 Å². The molecule has 1 atom stereocenters. The monoisotopic (exact) mass is 493 g/mol. The molecule has 0 radical (unpaired) electrons. The summed E-state index contributed by atoms with van der Waals surface area (Å²) >= 11 is 0. The molecule has 1 N–H and O–H groups in total. The summed E-state index contributed by atoms with van der Waals surface area (Å²) in [6.45, 7) is 4.75. The number of anilines is 1. The van der Waals surface area contributed by atoms with Crippen LogP contribution < -0.4 is 5.32 Å². The first-order valence-corrected chi connectivity index (χ1v) is 12.7. The Morgan fingerprint density at radius 3 is 2.35 bits per heavy atom. The molecule has 0 saturated carbocycles. The smallest absolute Gasteiger partial charge is 0.322 e. The first-order valence-electron chi connectivity index (χ1n) is 12.7. The lowest BCUT2D eigenvalue weighted by molar-refractivity contribution is -0.142. The number of rotatable bonds is 6. The van der Waals surface area contributed by atoms with E-state index in [1.165, 1.54) is 5.56 Å². The van der Waals surface area contributed by atoms with Gasteiger partial charge in [-0.3, -0.25) is 4.79 Å². The van der Waals surface area contributed by atoms with E-state index in [2.05, 4.69) is 65.5 Å². The standard InChI is InChI=1S/C31H31N3O3/c1-3-22-11-15-24(16-12-22)30-28-10-7-19-33(28)27-9-6-5-8-25(27)21-34(30)31(36)32-26-17-13-23(14-18-26)20-29(35)37-4-2/h5-19,30H,3-4,20-21H2,1-2H3,(H,32,36)/t30-/m0/s1. The molecule has 0 fully saturated rings. The molecule has 5 rings (SSSR count). The van der Waals surface area contributed by atoms with Gasteiger partial charge in [0.25, 0.3) is 0 Å². The molecule has 6 nitrogen and oxygen atoms in total. The van der Waals surface area contributed by atoms with Crippen molar-refractivity contribution in [2.45, 2.75) is 39.3 Å². The van der Waals surface area contributed by atoms with Gasteiger partial charge in [0, 0.05) is 17.6 Å². The third-order valence-corrected chi connectivity index (χ3v) is 6.79. The number of para-hydroxylation sites is 1. The highest BCUT2D eigenvalue weighted by molar-refractivity contribution is 5.90. The predicted molar refractivity (Wildman–Crippen MR) is 145 cm³/mol. The number of benzene rings is 3. The molecular formula is C31H31N3O3. The Bertz CT molecular complexity index is 1390. The second kappa shape index (κ2) is 10.7. The van der Waals surface area contributed by atoms with Gasteiger partial charge in [0.15, 0.2) is 0 Å². The van der Waals surface area contributed by atoms with Gasteiger partial charge in [-0.15, -0.1) is 0 Å². The SMILES string of the molecule is CCOC(=O)Cc1ccc(NC(=O)N2Cc3ccccc3-n3cccc3[C@@H]2c2ccc(CC)cc2)cc1. The topological polar surface area (TPSA) is 63.6 Å². The van der Waals surface area contributed by atoms with Crippen LogP contribution in [0.4, 0.5) is 10.5 Å². The largest absolute Gasteiger partial charge is 0.466 e. The van der Waals surface area contributed by atoms with E-state index in [1.54, 1.807) is 6.92 Å². The number of esters is 1. The quantitative estimate of drug-likeness (QED) is 0.322. The Morgan fingerprint density at radius 2 is 1.62 bits per heavy atom. The predicted octanol–water partition coefficient (Wildman–Crippen LogP) is 6.28. The number of aromatic nitrogens is 1. The minimum Gasteiger partial charge on any atom is -0.466 e. The van der Waals surface area contributed by atoms with Crippen LogP contribution in [0, 0.1) is 0 Å². The molecule has 2 amide bonds. The van der Waals surface area contributed by atoms with Crippen LogP contribution in [-0.4, -0.2) is 28.1 Å². The maximum atomic E-state index is 13.8. The van der Waals surface area contributed by atoms with Gasteiger partial charge in [0.1, 0.15) is 0 Å². The van der Waals surface area contributed by atoms with Crippen molar-refractivity contribution in [2.75, 3.05) is 11.9 Å². The number of amides is 2. The van der Waals surface area contributed by atoms with E-state index < -0.39 is 0 Å².